The van der Waals surface area contributed by atoms with Gasteiger partial charge in [-0.2, -0.15) is 10.2 Å². The number of nitrogens with zero attached hydrogens (tertiary/aromatic N) is 2. The lowest BCUT2D eigenvalue weighted by Crippen LogP contribution is -2.18. The first-order valence-corrected chi connectivity index (χ1v) is 8.37. The van der Waals surface area contributed by atoms with Gasteiger partial charge in [0.05, 0.1) is 11.9 Å². The molecule has 1 aromatic heterocycles. The number of carbonyl (C=O) groups is 1. The van der Waals surface area contributed by atoms with Crippen LogP contribution >= 0.6 is 0 Å². The van der Waals surface area contributed by atoms with Crippen molar-refractivity contribution in [3.05, 3.63) is 84.1 Å². The molecule has 0 atom stereocenters. The maximum absolute atomic E-state index is 12.3. The molecule has 0 saturated carbocycles. The fourth-order valence-electron chi connectivity index (χ4n) is 2.83. The van der Waals surface area contributed by atoms with Gasteiger partial charge in [0.2, 0.25) is 0 Å². The van der Waals surface area contributed by atoms with Gasteiger partial charge in [0.1, 0.15) is 11.4 Å². The highest BCUT2D eigenvalue weighted by atomic mass is 16.3. The molecule has 132 valence electrons. The zero-order valence-electron chi connectivity index (χ0n) is 14.3. The van der Waals surface area contributed by atoms with Crippen molar-refractivity contribution in [1.82, 2.24) is 15.6 Å². The fraction of sp³-hybridized carbons (Fsp3) is 0. The van der Waals surface area contributed by atoms with Crippen LogP contribution in [0, 0.1) is 0 Å². The number of nitrogens with one attached hydrogen (secondary N) is 2. The molecule has 1 heterocycles. The molecule has 4 rings (SSSR count). The molecule has 0 fully saturated rings. The van der Waals surface area contributed by atoms with Crippen molar-refractivity contribution < 1.29 is 9.90 Å². The Hall–Kier alpha value is -3.93. The normalized spacial score (nSPS) is 11.1. The molecule has 6 heteroatoms. The maximum atomic E-state index is 12.3. The smallest absolute Gasteiger partial charge is 0.289 e. The highest BCUT2D eigenvalue weighted by molar-refractivity contribution is 6.03. The molecule has 0 bridgehead atoms. The van der Waals surface area contributed by atoms with Crippen LogP contribution in [0.3, 0.4) is 0 Å². The predicted molar refractivity (Wildman–Crippen MR) is 105 cm³/mol. The highest BCUT2D eigenvalue weighted by Gasteiger charge is 2.10. The summed E-state index contributed by atoms with van der Waals surface area (Å²) in [6.45, 7) is 0. The molecule has 6 nitrogen and oxygen atoms in total. The molecule has 0 spiro atoms. The number of aromatic nitrogens is 2. The van der Waals surface area contributed by atoms with Gasteiger partial charge in [-0.15, -0.1) is 0 Å². The molecule has 4 aromatic rings. The first-order valence-electron chi connectivity index (χ1n) is 8.37. The van der Waals surface area contributed by atoms with Gasteiger partial charge < -0.3 is 5.11 Å². The van der Waals surface area contributed by atoms with Crippen molar-refractivity contribution in [3.8, 4) is 17.0 Å². The van der Waals surface area contributed by atoms with Crippen LogP contribution in [-0.2, 0) is 0 Å². The summed E-state index contributed by atoms with van der Waals surface area (Å²) < 4.78 is 0. The third kappa shape index (κ3) is 3.41. The van der Waals surface area contributed by atoms with Crippen LogP contribution in [-0.4, -0.2) is 27.4 Å². The van der Waals surface area contributed by atoms with Gasteiger partial charge in [0.15, 0.2) is 0 Å². The van der Waals surface area contributed by atoms with Gasteiger partial charge in [0.25, 0.3) is 5.91 Å². The minimum absolute atomic E-state index is 0.0969. The molecule has 0 aliphatic carbocycles. The third-order valence-electron chi connectivity index (χ3n) is 4.20. The predicted octanol–water partition coefficient (Wildman–Crippen LogP) is 3.70. The lowest BCUT2D eigenvalue weighted by molar-refractivity contribution is 0.0950. The SMILES string of the molecule is O=C(N/N=C/c1c(O)ccc2ccccc12)c1cc(-c2ccccc2)n[nH]1. The van der Waals surface area contributed by atoms with E-state index in [2.05, 4.69) is 20.7 Å². The molecule has 27 heavy (non-hydrogen) atoms. The summed E-state index contributed by atoms with van der Waals surface area (Å²) in [7, 11) is 0. The monoisotopic (exact) mass is 356 g/mol. The quantitative estimate of drug-likeness (QED) is 0.385. The molecule has 0 unspecified atom stereocenters. The second-order valence-electron chi connectivity index (χ2n) is 5.95. The molecule has 0 aliphatic heterocycles. The Balaban J connectivity index is 1.52. The van der Waals surface area contributed by atoms with Crippen molar-refractivity contribution in [1.29, 1.82) is 0 Å². The topological polar surface area (TPSA) is 90.4 Å². The molecular formula is C21H16N4O2. The van der Waals surface area contributed by atoms with E-state index in [1.807, 2.05) is 60.7 Å². The van der Waals surface area contributed by atoms with Gasteiger partial charge in [-0.3, -0.25) is 9.89 Å². The number of phenolic OH excluding ortho intramolecular Hbond substituents is 1. The number of phenols is 1. The summed E-state index contributed by atoms with van der Waals surface area (Å²) in [6, 6.07) is 22.3. The average molecular weight is 356 g/mol. The van der Waals surface area contributed by atoms with Crippen molar-refractivity contribution in [2.45, 2.75) is 0 Å². The Labute approximate surface area is 155 Å². The Bertz CT molecular complexity index is 1130. The number of aromatic hydroxyl groups is 1. The number of hydrogen-bond acceptors (Lipinski definition) is 4. The van der Waals surface area contributed by atoms with E-state index in [0.717, 1.165) is 16.3 Å². The zero-order valence-corrected chi connectivity index (χ0v) is 14.3. The molecule has 0 radical (unpaired) electrons. The van der Waals surface area contributed by atoms with Gasteiger partial charge >= 0.3 is 0 Å². The van der Waals surface area contributed by atoms with E-state index >= 15 is 0 Å². The maximum Gasteiger partial charge on any atom is 0.289 e. The number of hydrazone groups is 1. The van der Waals surface area contributed by atoms with Crippen LogP contribution in [0.25, 0.3) is 22.0 Å². The van der Waals surface area contributed by atoms with Crippen LogP contribution in [0.5, 0.6) is 5.75 Å². The van der Waals surface area contributed by atoms with Gasteiger partial charge in [0, 0.05) is 11.1 Å². The van der Waals surface area contributed by atoms with E-state index in [1.165, 1.54) is 6.21 Å². The lowest BCUT2D eigenvalue weighted by Gasteiger charge is -2.04. The van der Waals surface area contributed by atoms with Crippen LogP contribution in [0.15, 0.2) is 77.9 Å². The second-order valence-corrected chi connectivity index (χ2v) is 5.95. The first kappa shape index (κ1) is 16.5. The van der Waals surface area contributed by atoms with Gasteiger partial charge in [-0.1, -0.05) is 60.7 Å². The van der Waals surface area contributed by atoms with E-state index < -0.39 is 5.91 Å². The number of rotatable bonds is 4. The van der Waals surface area contributed by atoms with Crippen LogP contribution in [0.4, 0.5) is 0 Å². The number of H-pyrrole nitrogens is 1. The summed E-state index contributed by atoms with van der Waals surface area (Å²) in [5, 5.41) is 22.8. The van der Waals surface area contributed by atoms with Crippen molar-refractivity contribution in [3.63, 3.8) is 0 Å². The van der Waals surface area contributed by atoms with E-state index in [4.69, 9.17) is 0 Å². The number of carbonyl (C=O) groups excluding carboxylic acids is 1. The summed E-state index contributed by atoms with van der Waals surface area (Å²) in [5.41, 5.74) is 4.89. The van der Waals surface area contributed by atoms with Crippen molar-refractivity contribution >= 4 is 22.9 Å². The fourth-order valence-corrected chi connectivity index (χ4v) is 2.83. The number of aromatic amines is 1. The molecule has 3 aromatic carbocycles. The third-order valence-corrected chi connectivity index (χ3v) is 4.20. The molecule has 1 amide bonds. The minimum Gasteiger partial charge on any atom is -0.507 e. The van der Waals surface area contributed by atoms with E-state index in [0.29, 0.717) is 17.0 Å². The summed E-state index contributed by atoms with van der Waals surface area (Å²) in [4.78, 5) is 12.3. The number of hydrogen-bond donors (Lipinski definition) is 3. The molecular weight excluding hydrogens is 340 g/mol. The van der Waals surface area contributed by atoms with Crippen molar-refractivity contribution in [2.75, 3.05) is 0 Å². The number of benzene rings is 3. The summed E-state index contributed by atoms with van der Waals surface area (Å²) in [6.07, 6.45) is 1.43. The van der Waals surface area contributed by atoms with Gasteiger partial charge in [-0.25, -0.2) is 5.43 Å². The molecule has 3 N–H and O–H groups in total. The van der Waals surface area contributed by atoms with E-state index in [-0.39, 0.29) is 5.75 Å². The Morgan fingerprint density at radius 3 is 2.67 bits per heavy atom. The Morgan fingerprint density at radius 2 is 1.81 bits per heavy atom. The van der Waals surface area contributed by atoms with Crippen molar-refractivity contribution in [2.24, 2.45) is 5.10 Å². The zero-order chi connectivity index (χ0) is 18.6. The summed E-state index contributed by atoms with van der Waals surface area (Å²) in [5.74, 6) is -0.319. The summed E-state index contributed by atoms with van der Waals surface area (Å²) >= 11 is 0. The number of amides is 1. The minimum atomic E-state index is -0.416. The highest BCUT2D eigenvalue weighted by Crippen LogP contribution is 2.25. The molecule has 0 saturated heterocycles. The second kappa shape index (κ2) is 7.13. The van der Waals surface area contributed by atoms with Crippen LogP contribution in [0.2, 0.25) is 0 Å². The van der Waals surface area contributed by atoms with Gasteiger partial charge in [-0.05, 0) is 22.9 Å². The molecule has 0 aliphatic rings. The van der Waals surface area contributed by atoms with Crippen LogP contribution < -0.4 is 5.43 Å². The average Bonchev–Trinajstić information content (AvgIpc) is 3.21. The largest absolute Gasteiger partial charge is 0.507 e. The Kier molecular flexibility index (Phi) is 4.37. The Morgan fingerprint density at radius 1 is 1.04 bits per heavy atom. The van der Waals surface area contributed by atoms with Crippen LogP contribution in [0.1, 0.15) is 16.1 Å². The first-order chi connectivity index (χ1) is 13.2. The van der Waals surface area contributed by atoms with E-state index in [9.17, 15) is 9.90 Å². The number of fused-ring (bicyclic) bond motifs is 1. The lowest BCUT2D eigenvalue weighted by atomic mass is 10.0. The standard InChI is InChI=1S/C21H16N4O2/c26-20-11-10-14-6-4-5-9-16(14)17(20)13-22-25-21(27)19-12-18(23-24-19)15-7-2-1-3-8-15/h1-13,26H,(H,23,24)(H,25,27)/b22-13+. The van der Waals surface area contributed by atoms with E-state index in [1.54, 1.807) is 12.1 Å².